The average molecular weight is 203 g/mol. The van der Waals surface area contributed by atoms with Crippen LogP contribution in [0.1, 0.15) is 58.8 Å². The molecule has 13 heavy (non-hydrogen) atoms. The Bertz CT molecular complexity index is 117. The van der Waals surface area contributed by atoms with E-state index in [1.165, 1.54) is 38.5 Å². The van der Waals surface area contributed by atoms with Gasteiger partial charge in [0.2, 0.25) is 0 Å². The zero-order chi connectivity index (χ0) is 9.94. The molecule has 0 spiro atoms. The van der Waals surface area contributed by atoms with Crippen LogP contribution in [0, 0.1) is 0 Å². The lowest BCUT2D eigenvalue weighted by molar-refractivity contribution is 0.709. The smallest absolute Gasteiger partial charge is 0.0258 e. The summed E-state index contributed by atoms with van der Waals surface area (Å²) in [5.41, 5.74) is 1.63. The molecule has 0 rings (SSSR count). The first-order chi connectivity index (χ1) is 6.35. The molecule has 0 aromatic rings. The van der Waals surface area contributed by atoms with E-state index in [9.17, 15) is 0 Å². The molecule has 0 fully saturated rings. The maximum Gasteiger partial charge on any atom is 0.0258 e. The average Bonchev–Trinajstić information content (AvgIpc) is 2.17. The highest BCUT2D eigenvalue weighted by Crippen LogP contribution is 2.15. The predicted molar refractivity (Wildman–Crippen MR) is 62.5 cm³/mol. The second-order valence-corrected chi connectivity index (χ2v) is 3.93. The summed E-state index contributed by atoms with van der Waals surface area (Å²) in [6, 6.07) is 0. The van der Waals surface area contributed by atoms with Crippen molar-refractivity contribution < 1.29 is 0 Å². The van der Waals surface area contributed by atoms with Gasteiger partial charge in [-0.2, -0.15) is 0 Å². The van der Waals surface area contributed by atoms with E-state index in [4.69, 9.17) is 11.6 Å². The molecule has 0 aromatic carbocycles. The maximum absolute atomic E-state index is 5.67. The van der Waals surface area contributed by atoms with Gasteiger partial charge in [0.1, 0.15) is 0 Å². The number of rotatable bonds is 8. The second-order valence-electron chi connectivity index (χ2n) is 3.55. The topological polar surface area (TPSA) is 0 Å². The van der Waals surface area contributed by atoms with Crippen LogP contribution in [0.3, 0.4) is 0 Å². The van der Waals surface area contributed by atoms with E-state index in [1.54, 1.807) is 5.57 Å². The highest BCUT2D eigenvalue weighted by Gasteiger charge is 1.96. The van der Waals surface area contributed by atoms with Crippen molar-refractivity contribution in [3.8, 4) is 0 Å². The molecule has 1 heteroatoms. The summed E-state index contributed by atoms with van der Waals surface area (Å²) in [6.07, 6.45) is 11.2. The Morgan fingerprint density at radius 2 is 1.62 bits per heavy atom. The van der Waals surface area contributed by atoms with Crippen LogP contribution in [0.5, 0.6) is 0 Å². The molecule has 0 aliphatic heterocycles. The fourth-order valence-electron chi connectivity index (χ4n) is 1.40. The molecule has 78 valence electrons. The summed E-state index contributed by atoms with van der Waals surface area (Å²) in [4.78, 5) is 0. The van der Waals surface area contributed by atoms with Gasteiger partial charge in [-0.05, 0) is 32.1 Å². The minimum Gasteiger partial charge on any atom is -0.126 e. The Hall–Kier alpha value is 0.0300. The molecular formula is C12H23Cl. The Balaban J connectivity index is 3.72. The van der Waals surface area contributed by atoms with Gasteiger partial charge in [0.05, 0.1) is 0 Å². The van der Waals surface area contributed by atoms with Crippen LogP contribution in [0.15, 0.2) is 11.6 Å². The third-order valence-electron chi connectivity index (χ3n) is 2.25. The molecule has 0 aliphatic carbocycles. The van der Waals surface area contributed by atoms with Crippen molar-refractivity contribution in [2.75, 3.05) is 5.88 Å². The highest BCUT2D eigenvalue weighted by molar-refractivity contribution is 6.17. The Labute approximate surface area is 88.4 Å². The van der Waals surface area contributed by atoms with E-state index in [-0.39, 0.29) is 0 Å². The standard InChI is InChI=1S/C12H23Cl/c1-3-5-8-12(9-6-4-2)10-7-11-13/h10H,3-9,11H2,1-2H3. The first-order valence-electron chi connectivity index (χ1n) is 5.59. The number of hydrogen-bond acceptors (Lipinski definition) is 0. The molecule has 0 amide bonds. The summed E-state index contributed by atoms with van der Waals surface area (Å²) in [5.74, 6) is 0.766. The molecule has 0 unspecified atom stereocenters. The molecule has 0 aliphatic rings. The van der Waals surface area contributed by atoms with E-state index < -0.39 is 0 Å². The quantitative estimate of drug-likeness (QED) is 0.387. The van der Waals surface area contributed by atoms with Gasteiger partial charge >= 0.3 is 0 Å². The summed E-state index contributed by atoms with van der Waals surface area (Å²) >= 11 is 5.67. The lowest BCUT2D eigenvalue weighted by Crippen LogP contribution is -1.86. The Morgan fingerprint density at radius 1 is 1.08 bits per heavy atom. The molecule has 0 aromatic heterocycles. The predicted octanol–water partition coefficient (Wildman–Crippen LogP) is 4.92. The molecule has 0 saturated heterocycles. The summed E-state index contributed by atoms with van der Waals surface area (Å²) in [6.45, 7) is 4.50. The van der Waals surface area contributed by atoms with E-state index in [2.05, 4.69) is 19.9 Å². The minimum atomic E-state index is 0.766. The molecule has 0 radical (unpaired) electrons. The summed E-state index contributed by atoms with van der Waals surface area (Å²) in [5, 5.41) is 0. The fraction of sp³-hybridized carbons (Fsp3) is 0.833. The molecule has 0 heterocycles. The zero-order valence-electron chi connectivity index (χ0n) is 9.11. The highest BCUT2D eigenvalue weighted by atomic mass is 35.5. The van der Waals surface area contributed by atoms with E-state index in [0.29, 0.717) is 0 Å². The van der Waals surface area contributed by atoms with Crippen molar-refractivity contribution in [1.29, 1.82) is 0 Å². The van der Waals surface area contributed by atoms with Crippen molar-refractivity contribution in [2.24, 2.45) is 0 Å². The van der Waals surface area contributed by atoms with Crippen LogP contribution in [0.4, 0.5) is 0 Å². The molecule has 0 atom stereocenters. The molecule has 0 bridgehead atoms. The SMILES string of the molecule is CCCCC(=CCCCl)CCCC. The van der Waals surface area contributed by atoms with Gasteiger partial charge in [0.25, 0.3) is 0 Å². The monoisotopic (exact) mass is 202 g/mol. The van der Waals surface area contributed by atoms with E-state index >= 15 is 0 Å². The van der Waals surface area contributed by atoms with Gasteiger partial charge < -0.3 is 0 Å². The fourth-order valence-corrected chi connectivity index (χ4v) is 1.50. The second kappa shape index (κ2) is 10.1. The van der Waals surface area contributed by atoms with Crippen molar-refractivity contribution >= 4 is 11.6 Å². The van der Waals surface area contributed by atoms with Gasteiger partial charge in [0, 0.05) is 5.88 Å². The van der Waals surface area contributed by atoms with Crippen molar-refractivity contribution in [2.45, 2.75) is 58.8 Å². The van der Waals surface area contributed by atoms with Gasteiger partial charge in [-0.1, -0.05) is 38.3 Å². The summed E-state index contributed by atoms with van der Waals surface area (Å²) in [7, 11) is 0. The lowest BCUT2D eigenvalue weighted by atomic mass is 10.0. The number of halogens is 1. The number of allylic oxidation sites excluding steroid dienone is 2. The van der Waals surface area contributed by atoms with Crippen LogP contribution in [0.25, 0.3) is 0 Å². The van der Waals surface area contributed by atoms with Gasteiger partial charge in [0.15, 0.2) is 0 Å². The molecular weight excluding hydrogens is 180 g/mol. The van der Waals surface area contributed by atoms with Gasteiger partial charge in [-0.25, -0.2) is 0 Å². The van der Waals surface area contributed by atoms with Crippen LogP contribution in [-0.4, -0.2) is 5.88 Å². The van der Waals surface area contributed by atoms with Crippen LogP contribution in [-0.2, 0) is 0 Å². The van der Waals surface area contributed by atoms with E-state index in [0.717, 1.165) is 12.3 Å². The van der Waals surface area contributed by atoms with Crippen molar-refractivity contribution in [1.82, 2.24) is 0 Å². The Kier molecular flexibility index (Phi) is 10.1. The van der Waals surface area contributed by atoms with Crippen LogP contribution < -0.4 is 0 Å². The Morgan fingerprint density at radius 3 is 2.00 bits per heavy atom. The normalized spacial score (nSPS) is 10.1. The molecule has 0 saturated carbocycles. The van der Waals surface area contributed by atoms with Gasteiger partial charge in [-0.3, -0.25) is 0 Å². The zero-order valence-corrected chi connectivity index (χ0v) is 9.87. The van der Waals surface area contributed by atoms with E-state index in [1.807, 2.05) is 0 Å². The van der Waals surface area contributed by atoms with Crippen molar-refractivity contribution in [3.63, 3.8) is 0 Å². The number of hydrogen-bond donors (Lipinski definition) is 0. The minimum absolute atomic E-state index is 0.766. The van der Waals surface area contributed by atoms with Crippen LogP contribution in [0.2, 0.25) is 0 Å². The first kappa shape index (κ1) is 13.0. The lowest BCUT2D eigenvalue weighted by Gasteiger charge is -2.05. The molecule has 0 N–H and O–H groups in total. The third kappa shape index (κ3) is 8.36. The van der Waals surface area contributed by atoms with Crippen molar-refractivity contribution in [3.05, 3.63) is 11.6 Å². The van der Waals surface area contributed by atoms with Gasteiger partial charge in [-0.15, -0.1) is 11.6 Å². The van der Waals surface area contributed by atoms with Crippen LogP contribution >= 0.6 is 11.6 Å². The maximum atomic E-state index is 5.67. The number of alkyl halides is 1. The summed E-state index contributed by atoms with van der Waals surface area (Å²) < 4.78 is 0. The largest absolute Gasteiger partial charge is 0.126 e. The third-order valence-corrected chi connectivity index (χ3v) is 2.46. The molecule has 0 nitrogen and oxygen atoms in total. The number of unbranched alkanes of at least 4 members (excludes halogenated alkanes) is 2. The first-order valence-corrected chi connectivity index (χ1v) is 6.12.